The second-order valence-corrected chi connectivity index (χ2v) is 4.52. The Morgan fingerprint density at radius 2 is 2.00 bits per heavy atom. The molecule has 1 aliphatic carbocycles. The largest absolute Gasteiger partial charge is 0.381 e. The van der Waals surface area contributed by atoms with Crippen molar-refractivity contribution in [2.75, 3.05) is 0 Å². The molecule has 0 aliphatic heterocycles. The van der Waals surface area contributed by atoms with Gasteiger partial charge in [0, 0.05) is 6.42 Å². The van der Waals surface area contributed by atoms with E-state index in [2.05, 4.69) is 0 Å². The summed E-state index contributed by atoms with van der Waals surface area (Å²) in [6.07, 6.45) is -0.496. The molecule has 0 spiro atoms. The Morgan fingerprint density at radius 3 is 2.71 bits per heavy atom. The van der Waals surface area contributed by atoms with Crippen molar-refractivity contribution in [3.8, 4) is 0 Å². The Balaban J connectivity index is 2.61. The number of fused-ring (bicyclic) bond motifs is 1. The summed E-state index contributed by atoms with van der Waals surface area (Å²) in [4.78, 5) is 11.5. The van der Waals surface area contributed by atoms with E-state index in [4.69, 9.17) is 0 Å². The number of ketones is 1. The van der Waals surface area contributed by atoms with Crippen LogP contribution in [0.3, 0.4) is 0 Å². The molecule has 2 rings (SSSR count). The lowest BCUT2D eigenvalue weighted by atomic mass is 9.71. The van der Waals surface area contributed by atoms with Gasteiger partial charge in [0.15, 0.2) is 5.78 Å². The Morgan fingerprint density at radius 1 is 1.36 bits per heavy atom. The van der Waals surface area contributed by atoms with Gasteiger partial charge in [-0.15, -0.1) is 0 Å². The Hall–Kier alpha value is -1.15. The minimum atomic E-state index is -0.917. The Kier molecular flexibility index (Phi) is 1.96. The maximum Gasteiger partial charge on any atom is 0.166 e. The monoisotopic (exact) mass is 190 g/mol. The maximum absolute atomic E-state index is 11.5. The highest BCUT2D eigenvalue weighted by Crippen LogP contribution is 2.39. The first-order valence-electron chi connectivity index (χ1n) is 4.82. The summed E-state index contributed by atoms with van der Waals surface area (Å²) in [6, 6.07) is 7.63. The average molecular weight is 190 g/mol. The molecule has 0 radical (unpaired) electrons. The van der Waals surface area contributed by atoms with Gasteiger partial charge in [0.1, 0.15) is 6.10 Å². The van der Waals surface area contributed by atoms with Crippen LogP contribution in [0.5, 0.6) is 0 Å². The number of carbonyl (C=O) groups excluding carboxylic acids is 1. The van der Waals surface area contributed by atoms with E-state index in [1.54, 1.807) is 0 Å². The highest BCUT2D eigenvalue weighted by Gasteiger charge is 2.36. The zero-order chi connectivity index (χ0) is 10.3. The molecule has 2 nitrogen and oxygen atoms in total. The lowest BCUT2D eigenvalue weighted by Crippen LogP contribution is -2.32. The Bertz CT molecular complexity index is 380. The minimum absolute atomic E-state index is 0.0753. The summed E-state index contributed by atoms with van der Waals surface area (Å²) >= 11 is 0. The quantitative estimate of drug-likeness (QED) is 0.679. The van der Waals surface area contributed by atoms with Crippen molar-refractivity contribution < 1.29 is 9.90 Å². The van der Waals surface area contributed by atoms with Gasteiger partial charge >= 0.3 is 0 Å². The first-order chi connectivity index (χ1) is 6.52. The molecule has 1 aliphatic rings. The van der Waals surface area contributed by atoms with Crippen molar-refractivity contribution in [1.82, 2.24) is 0 Å². The van der Waals surface area contributed by atoms with Gasteiger partial charge in [0.25, 0.3) is 0 Å². The molecule has 1 aromatic rings. The van der Waals surface area contributed by atoms with Crippen LogP contribution in [0.15, 0.2) is 24.3 Å². The summed E-state index contributed by atoms with van der Waals surface area (Å²) in [5, 5.41) is 9.71. The van der Waals surface area contributed by atoms with Gasteiger partial charge in [0.2, 0.25) is 0 Å². The molecule has 0 amide bonds. The Labute approximate surface area is 83.6 Å². The van der Waals surface area contributed by atoms with Gasteiger partial charge in [0.05, 0.1) is 0 Å². The van der Waals surface area contributed by atoms with Gasteiger partial charge in [-0.2, -0.15) is 0 Å². The van der Waals surface area contributed by atoms with Crippen molar-refractivity contribution in [2.45, 2.75) is 31.8 Å². The number of hydrogen-bond donors (Lipinski definition) is 1. The van der Waals surface area contributed by atoms with E-state index < -0.39 is 6.10 Å². The maximum atomic E-state index is 11.5. The fourth-order valence-electron chi connectivity index (χ4n) is 2.15. The first kappa shape index (κ1) is 9.41. The summed E-state index contributed by atoms with van der Waals surface area (Å²) in [5.41, 5.74) is 1.72. The van der Waals surface area contributed by atoms with E-state index in [-0.39, 0.29) is 11.2 Å². The molecule has 0 saturated heterocycles. The molecular formula is C12H14O2. The van der Waals surface area contributed by atoms with Crippen molar-refractivity contribution in [3.05, 3.63) is 35.4 Å². The van der Waals surface area contributed by atoms with E-state index in [1.807, 2.05) is 38.1 Å². The zero-order valence-corrected chi connectivity index (χ0v) is 8.45. The molecule has 14 heavy (non-hydrogen) atoms. The fraction of sp³-hybridized carbons (Fsp3) is 0.417. The van der Waals surface area contributed by atoms with Gasteiger partial charge < -0.3 is 5.11 Å². The van der Waals surface area contributed by atoms with Crippen LogP contribution in [0, 0.1) is 0 Å². The summed E-state index contributed by atoms with van der Waals surface area (Å²) < 4.78 is 0. The third-order valence-corrected chi connectivity index (χ3v) is 2.91. The number of aliphatic hydroxyl groups excluding tert-OH is 1. The molecule has 0 bridgehead atoms. The molecule has 0 fully saturated rings. The number of hydrogen-bond acceptors (Lipinski definition) is 2. The van der Waals surface area contributed by atoms with Crippen LogP contribution >= 0.6 is 0 Å². The number of aliphatic hydroxyl groups is 1. The lowest BCUT2D eigenvalue weighted by Gasteiger charge is -2.33. The number of benzene rings is 1. The minimum Gasteiger partial charge on any atom is -0.381 e. The molecule has 1 N–H and O–H groups in total. The van der Waals surface area contributed by atoms with E-state index in [0.717, 1.165) is 11.1 Å². The standard InChI is InChI=1S/C12H14O2/c1-12(2)7-10(13)11(14)8-5-3-4-6-9(8)12/h3-6,11,14H,7H2,1-2H3. The molecule has 2 heteroatoms. The predicted molar refractivity (Wildman–Crippen MR) is 54.1 cm³/mol. The van der Waals surface area contributed by atoms with Crippen molar-refractivity contribution in [2.24, 2.45) is 0 Å². The van der Waals surface area contributed by atoms with Gasteiger partial charge in [-0.3, -0.25) is 4.79 Å². The highest BCUT2D eigenvalue weighted by molar-refractivity contribution is 5.87. The summed E-state index contributed by atoms with van der Waals surface area (Å²) in [6.45, 7) is 4.07. The van der Waals surface area contributed by atoms with Gasteiger partial charge in [-0.1, -0.05) is 38.1 Å². The van der Waals surface area contributed by atoms with E-state index >= 15 is 0 Å². The third-order valence-electron chi connectivity index (χ3n) is 2.91. The average Bonchev–Trinajstić information content (AvgIpc) is 2.14. The summed E-state index contributed by atoms with van der Waals surface area (Å²) in [7, 11) is 0. The lowest BCUT2D eigenvalue weighted by molar-refractivity contribution is -0.129. The topological polar surface area (TPSA) is 37.3 Å². The normalized spacial score (nSPS) is 24.5. The molecule has 1 aromatic carbocycles. The van der Waals surface area contributed by atoms with Crippen LogP contribution in [0.4, 0.5) is 0 Å². The van der Waals surface area contributed by atoms with Crippen molar-refractivity contribution in [1.29, 1.82) is 0 Å². The molecule has 0 saturated carbocycles. The van der Waals surface area contributed by atoms with E-state index in [0.29, 0.717) is 6.42 Å². The van der Waals surface area contributed by atoms with Crippen LogP contribution < -0.4 is 0 Å². The van der Waals surface area contributed by atoms with Crippen LogP contribution in [0.2, 0.25) is 0 Å². The fourth-order valence-corrected chi connectivity index (χ4v) is 2.15. The van der Waals surface area contributed by atoms with E-state index in [1.165, 1.54) is 0 Å². The van der Waals surface area contributed by atoms with E-state index in [9.17, 15) is 9.90 Å². The number of Topliss-reactive ketones (excluding diaryl/α,β-unsaturated/α-hetero) is 1. The van der Waals surface area contributed by atoms with Gasteiger partial charge in [-0.05, 0) is 16.5 Å². The molecule has 0 heterocycles. The predicted octanol–water partition coefficient (Wildman–Crippen LogP) is 1.97. The number of rotatable bonds is 0. The molecule has 74 valence electrons. The SMILES string of the molecule is CC1(C)CC(=O)C(O)c2ccccc21. The van der Waals surface area contributed by atoms with Gasteiger partial charge in [-0.25, -0.2) is 0 Å². The second kappa shape index (κ2) is 2.92. The first-order valence-corrected chi connectivity index (χ1v) is 4.82. The van der Waals surface area contributed by atoms with Crippen LogP contribution in [-0.4, -0.2) is 10.9 Å². The number of carbonyl (C=O) groups is 1. The third kappa shape index (κ3) is 1.26. The van der Waals surface area contributed by atoms with Crippen LogP contribution in [0.1, 0.15) is 37.5 Å². The molecule has 0 aromatic heterocycles. The summed E-state index contributed by atoms with van der Waals surface area (Å²) in [5.74, 6) is -0.0753. The van der Waals surface area contributed by atoms with Crippen molar-refractivity contribution >= 4 is 5.78 Å². The smallest absolute Gasteiger partial charge is 0.166 e. The molecule has 1 atom stereocenters. The van der Waals surface area contributed by atoms with Crippen molar-refractivity contribution in [3.63, 3.8) is 0 Å². The van der Waals surface area contributed by atoms with Crippen LogP contribution in [0.25, 0.3) is 0 Å². The second-order valence-electron chi connectivity index (χ2n) is 4.52. The molecule has 1 unspecified atom stereocenters. The highest BCUT2D eigenvalue weighted by atomic mass is 16.3. The molecular weight excluding hydrogens is 176 g/mol. The van der Waals surface area contributed by atoms with Crippen LogP contribution in [-0.2, 0) is 10.2 Å². The zero-order valence-electron chi connectivity index (χ0n) is 8.45.